The molecule has 1 aliphatic heterocycles. The third-order valence-electron chi connectivity index (χ3n) is 5.68. The maximum absolute atomic E-state index is 13.6. The number of carbonyl (C=O) groups excluding carboxylic acids is 1. The predicted molar refractivity (Wildman–Crippen MR) is 131 cm³/mol. The van der Waals surface area contributed by atoms with Crippen molar-refractivity contribution in [3.63, 3.8) is 0 Å². The summed E-state index contributed by atoms with van der Waals surface area (Å²) in [6.07, 6.45) is 1.82. The Labute approximate surface area is 201 Å². The lowest BCUT2D eigenvalue weighted by Gasteiger charge is -2.24. The van der Waals surface area contributed by atoms with Gasteiger partial charge in [-0.05, 0) is 61.7 Å². The Hall–Kier alpha value is -3.65. The SMILES string of the molecule is CCOC(=O)C1=C(C)N=c2s/c(=C/c3ccc(C)c(OC)c3)c(=O)n2[C@@H]1c1ccc(OC)cc1. The lowest BCUT2D eigenvalue weighted by Crippen LogP contribution is -2.39. The van der Waals surface area contributed by atoms with E-state index in [0.29, 0.717) is 26.4 Å². The van der Waals surface area contributed by atoms with E-state index in [4.69, 9.17) is 14.2 Å². The Kier molecular flexibility index (Phi) is 6.70. The molecule has 8 heteroatoms. The maximum atomic E-state index is 13.6. The van der Waals surface area contributed by atoms with Crippen molar-refractivity contribution >= 4 is 23.4 Å². The zero-order chi connectivity index (χ0) is 24.4. The predicted octanol–water partition coefficient (Wildman–Crippen LogP) is 3.12. The number of aryl methyl sites for hydroxylation is 1. The van der Waals surface area contributed by atoms with Gasteiger partial charge >= 0.3 is 5.97 Å². The molecule has 34 heavy (non-hydrogen) atoms. The van der Waals surface area contributed by atoms with Crippen LogP contribution in [0.25, 0.3) is 6.08 Å². The van der Waals surface area contributed by atoms with Crippen molar-refractivity contribution in [2.45, 2.75) is 26.8 Å². The zero-order valence-corrected chi connectivity index (χ0v) is 20.6. The van der Waals surface area contributed by atoms with Gasteiger partial charge in [0.05, 0.1) is 42.7 Å². The van der Waals surface area contributed by atoms with Crippen LogP contribution in [0.15, 0.2) is 63.5 Å². The van der Waals surface area contributed by atoms with Crippen LogP contribution in [0.3, 0.4) is 0 Å². The first-order valence-electron chi connectivity index (χ1n) is 10.9. The summed E-state index contributed by atoms with van der Waals surface area (Å²) in [6.45, 7) is 5.71. The van der Waals surface area contributed by atoms with Gasteiger partial charge in [0.2, 0.25) is 0 Å². The Bertz CT molecular complexity index is 1450. The highest BCUT2D eigenvalue weighted by molar-refractivity contribution is 7.07. The minimum Gasteiger partial charge on any atom is -0.497 e. The fraction of sp³-hybridized carbons (Fsp3) is 0.269. The molecule has 4 rings (SSSR count). The normalized spacial score (nSPS) is 15.6. The van der Waals surface area contributed by atoms with Crippen LogP contribution in [-0.4, -0.2) is 31.4 Å². The average Bonchev–Trinajstić information content (AvgIpc) is 3.13. The molecule has 0 N–H and O–H groups in total. The largest absolute Gasteiger partial charge is 0.497 e. The molecule has 0 aliphatic carbocycles. The van der Waals surface area contributed by atoms with Gasteiger partial charge < -0.3 is 14.2 Å². The fourth-order valence-electron chi connectivity index (χ4n) is 3.97. The Morgan fingerprint density at radius 1 is 1.12 bits per heavy atom. The Morgan fingerprint density at radius 3 is 2.50 bits per heavy atom. The summed E-state index contributed by atoms with van der Waals surface area (Å²) in [7, 11) is 3.21. The molecule has 7 nitrogen and oxygen atoms in total. The third kappa shape index (κ3) is 4.28. The number of methoxy groups -OCH3 is 2. The van der Waals surface area contributed by atoms with Crippen molar-refractivity contribution in [1.29, 1.82) is 0 Å². The van der Waals surface area contributed by atoms with E-state index < -0.39 is 12.0 Å². The second-order valence-corrected chi connectivity index (χ2v) is 8.81. The van der Waals surface area contributed by atoms with Crippen LogP contribution in [0.2, 0.25) is 0 Å². The number of nitrogens with zero attached hydrogens (tertiary/aromatic N) is 2. The number of fused-ring (bicyclic) bond motifs is 1. The molecule has 1 aliphatic rings. The van der Waals surface area contributed by atoms with E-state index in [9.17, 15) is 9.59 Å². The smallest absolute Gasteiger partial charge is 0.338 e. The van der Waals surface area contributed by atoms with Gasteiger partial charge in [0.1, 0.15) is 11.5 Å². The first-order chi connectivity index (χ1) is 16.4. The van der Waals surface area contributed by atoms with Crippen molar-refractivity contribution in [3.05, 3.63) is 90.1 Å². The number of esters is 1. The van der Waals surface area contributed by atoms with Crippen molar-refractivity contribution in [1.82, 2.24) is 4.57 Å². The van der Waals surface area contributed by atoms with Gasteiger partial charge in [-0.3, -0.25) is 9.36 Å². The van der Waals surface area contributed by atoms with Crippen LogP contribution in [0.5, 0.6) is 11.5 Å². The van der Waals surface area contributed by atoms with Crippen LogP contribution in [0, 0.1) is 6.92 Å². The summed E-state index contributed by atoms with van der Waals surface area (Å²) in [5, 5.41) is 0. The molecular weight excluding hydrogens is 452 g/mol. The van der Waals surface area contributed by atoms with Gasteiger partial charge in [-0.2, -0.15) is 0 Å². The van der Waals surface area contributed by atoms with Crippen LogP contribution in [-0.2, 0) is 9.53 Å². The highest BCUT2D eigenvalue weighted by Gasteiger charge is 2.33. The van der Waals surface area contributed by atoms with Crippen molar-refractivity contribution < 1.29 is 19.0 Å². The highest BCUT2D eigenvalue weighted by atomic mass is 32.1. The number of carbonyl (C=O) groups is 1. The second-order valence-electron chi connectivity index (χ2n) is 7.80. The molecule has 2 heterocycles. The van der Waals surface area contributed by atoms with Gasteiger partial charge in [0.25, 0.3) is 5.56 Å². The van der Waals surface area contributed by atoms with Crippen molar-refractivity contribution in [2.75, 3.05) is 20.8 Å². The molecule has 0 radical (unpaired) electrons. The standard InChI is InChI=1S/C26H26N2O5S/c1-6-33-25(30)22-16(3)27-26-28(23(22)18-9-11-19(31-4)12-10-18)24(29)21(34-26)14-17-8-7-15(2)20(13-17)32-5/h7-14,23H,6H2,1-5H3/b21-14+/t23-/m1/s1. The zero-order valence-electron chi connectivity index (χ0n) is 19.7. The lowest BCUT2D eigenvalue weighted by atomic mass is 9.96. The third-order valence-corrected chi connectivity index (χ3v) is 6.66. The molecule has 1 atom stereocenters. The van der Waals surface area contributed by atoms with E-state index in [1.807, 2.05) is 55.5 Å². The summed E-state index contributed by atoms with van der Waals surface area (Å²) in [5.41, 5.74) is 3.28. The van der Waals surface area contributed by atoms with Gasteiger partial charge in [0.15, 0.2) is 4.80 Å². The summed E-state index contributed by atoms with van der Waals surface area (Å²) in [5.74, 6) is 0.947. The number of hydrogen-bond donors (Lipinski definition) is 0. The van der Waals surface area contributed by atoms with Gasteiger partial charge in [0, 0.05) is 0 Å². The summed E-state index contributed by atoms with van der Waals surface area (Å²) >= 11 is 1.29. The van der Waals surface area contributed by atoms with E-state index in [1.54, 1.807) is 32.6 Å². The summed E-state index contributed by atoms with van der Waals surface area (Å²) in [4.78, 5) is 31.7. The molecule has 0 saturated heterocycles. The maximum Gasteiger partial charge on any atom is 0.338 e. The minimum atomic E-state index is -0.657. The highest BCUT2D eigenvalue weighted by Crippen LogP contribution is 2.31. The monoisotopic (exact) mass is 478 g/mol. The van der Waals surface area contributed by atoms with Gasteiger partial charge in [-0.1, -0.05) is 35.6 Å². The van der Waals surface area contributed by atoms with Crippen LogP contribution < -0.4 is 24.4 Å². The van der Waals surface area contributed by atoms with Crippen LogP contribution in [0.4, 0.5) is 0 Å². The van der Waals surface area contributed by atoms with Crippen LogP contribution in [0.1, 0.15) is 36.6 Å². The second kappa shape index (κ2) is 9.69. The topological polar surface area (TPSA) is 79.1 Å². The number of hydrogen-bond acceptors (Lipinski definition) is 7. The molecule has 0 unspecified atom stereocenters. The molecule has 0 saturated carbocycles. The minimum absolute atomic E-state index is 0.224. The number of ether oxygens (including phenoxy) is 3. The van der Waals surface area contributed by atoms with Gasteiger partial charge in [-0.25, -0.2) is 9.79 Å². The Balaban J connectivity index is 1.93. The van der Waals surface area contributed by atoms with Crippen molar-refractivity contribution in [3.8, 4) is 11.5 Å². The molecule has 3 aromatic rings. The quantitative estimate of drug-likeness (QED) is 0.509. The van der Waals surface area contributed by atoms with E-state index >= 15 is 0 Å². The number of allylic oxidation sites excluding steroid dienone is 1. The van der Waals surface area contributed by atoms with E-state index in [-0.39, 0.29) is 12.2 Å². The van der Waals surface area contributed by atoms with Crippen LogP contribution >= 0.6 is 11.3 Å². The lowest BCUT2D eigenvalue weighted by molar-refractivity contribution is -0.139. The molecule has 176 valence electrons. The summed E-state index contributed by atoms with van der Waals surface area (Å²) in [6, 6.07) is 12.4. The first kappa shape index (κ1) is 23.5. The fourth-order valence-corrected chi connectivity index (χ4v) is 5.02. The molecule has 1 aromatic heterocycles. The Morgan fingerprint density at radius 2 is 1.85 bits per heavy atom. The van der Waals surface area contributed by atoms with E-state index in [2.05, 4.69) is 4.99 Å². The number of rotatable bonds is 6. The molecule has 0 fully saturated rings. The van der Waals surface area contributed by atoms with Crippen molar-refractivity contribution in [2.24, 2.45) is 4.99 Å². The number of aromatic nitrogens is 1. The number of thiazole rings is 1. The first-order valence-corrected chi connectivity index (χ1v) is 11.7. The number of benzene rings is 2. The molecule has 0 spiro atoms. The molecule has 0 amide bonds. The molecular formula is C26H26N2O5S. The average molecular weight is 479 g/mol. The van der Waals surface area contributed by atoms with E-state index in [1.165, 1.54) is 11.3 Å². The molecule has 2 aromatic carbocycles. The summed E-state index contributed by atoms with van der Waals surface area (Å²) < 4.78 is 18.1. The van der Waals surface area contributed by atoms with Gasteiger partial charge in [-0.15, -0.1) is 0 Å². The van der Waals surface area contributed by atoms with E-state index in [0.717, 1.165) is 22.4 Å². The molecule has 0 bridgehead atoms.